The van der Waals surface area contributed by atoms with Gasteiger partial charge in [-0.2, -0.15) is 0 Å². The average Bonchev–Trinajstić information content (AvgIpc) is 2.50. The predicted molar refractivity (Wildman–Crippen MR) is 60.4 cm³/mol. The highest BCUT2D eigenvalue weighted by Gasteiger charge is 2.13. The Hall–Kier alpha value is -0.343. The van der Waals surface area contributed by atoms with E-state index in [1.165, 1.54) is 12.0 Å². The van der Waals surface area contributed by atoms with Crippen molar-refractivity contribution in [3.8, 4) is 0 Å². The van der Waals surface area contributed by atoms with Crippen molar-refractivity contribution in [2.45, 2.75) is 45.0 Å². The van der Waals surface area contributed by atoms with Crippen molar-refractivity contribution >= 4 is 8.07 Å². The van der Waals surface area contributed by atoms with Crippen LogP contribution in [0, 0.1) is 0 Å². The van der Waals surface area contributed by atoms with E-state index in [9.17, 15) is 5.11 Å². The van der Waals surface area contributed by atoms with Crippen LogP contribution in [0.1, 0.15) is 19.3 Å². The molecule has 0 radical (unpaired) electrons. The molecule has 0 aliphatic heterocycles. The quantitative estimate of drug-likeness (QED) is 0.543. The van der Waals surface area contributed by atoms with E-state index in [2.05, 4.69) is 31.4 Å². The second kappa shape index (κ2) is 4.25. The lowest BCUT2D eigenvalue weighted by molar-refractivity contribution is 0.256. The number of rotatable bonds is 3. The minimum Gasteiger partial charge on any atom is -0.385 e. The van der Waals surface area contributed by atoms with Crippen molar-refractivity contribution in [3.63, 3.8) is 0 Å². The molecule has 1 rings (SSSR count). The molecule has 0 heterocycles. The number of allylic oxidation sites excluding steroid dienone is 1. The Bertz CT molecular complexity index is 223. The topological polar surface area (TPSA) is 20.2 Å². The van der Waals surface area contributed by atoms with Crippen LogP contribution in [-0.4, -0.2) is 19.3 Å². The molecule has 0 saturated heterocycles. The molecule has 0 aromatic rings. The summed E-state index contributed by atoms with van der Waals surface area (Å²) in [5, 5.41) is 9.78. The van der Waals surface area contributed by atoms with E-state index in [-0.39, 0.29) is 6.10 Å². The van der Waals surface area contributed by atoms with Crippen molar-refractivity contribution in [2.24, 2.45) is 0 Å². The fourth-order valence-corrected chi connectivity index (χ4v) is 2.23. The summed E-state index contributed by atoms with van der Waals surface area (Å²) in [7, 11) is -1.14. The maximum Gasteiger partial charge on any atom is 0.0928 e. The smallest absolute Gasteiger partial charge is 0.0928 e. The first kappa shape index (κ1) is 10.7. The van der Waals surface area contributed by atoms with E-state index in [0.29, 0.717) is 0 Å². The largest absolute Gasteiger partial charge is 0.385 e. The maximum absolute atomic E-state index is 9.78. The van der Waals surface area contributed by atoms with Crippen LogP contribution in [0.25, 0.3) is 0 Å². The van der Waals surface area contributed by atoms with Gasteiger partial charge in [-0.25, -0.2) is 0 Å². The summed E-state index contributed by atoms with van der Waals surface area (Å²) in [6, 6.07) is 0. The number of aliphatic hydroxyl groups is 1. The number of aliphatic hydroxyl groups excluding tert-OH is 1. The van der Waals surface area contributed by atoms with Crippen molar-refractivity contribution in [1.82, 2.24) is 0 Å². The standard InChI is InChI=1S/C11H20OSi/c1-13(2,3)9-8-11(12)10-6-4-5-7-10/h6,8-9,11-12H,4-5,7H2,1-3H3/b9-8+. The van der Waals surface area contributed by atoms with E-state index in [1.807, 2.05) is 6.08 Å². The summed E-state index contributed by atoms with van der Waals surface area (Å²) in [5.41, 5.74) is 3.44. The molecule has 1 unspecified atom stereocenters. The molecular weight excluding hydrogens is 176 g/mol. The van der Waals surface area contributed by atoms with Gasteiger partial charge in [0.15, 0.2) is 0 Å². The van der Waals surface area contributed by atoms with Crippen LogP contribution >= 0.6 is 0 Å². The lowest BCUT2D eigenvalue weighted by atomic mass is 10.1. The monoisotopic (exact) mass is 196 g/mol. The zero-order valence-electron chi connectivity index (χ0n) is 8.88. The summed E-state index contributed by atoms with van der Waals surface area (Å²) in [6.07, 6.45) is 7.29. The summed E-state index contributed by atoms with van der Waals surface area (Å²) in [5.74, 6) is 0. The summed E-state index contributed by atoms with van der Waals surface area (Å²) < 4.78 is 0. The maximum atomic E-state index is 9.78. The van der Waals surface area contributed by atoms with Gasteiger partial charge < -0.3 is 5.11 Å². The summed E-state index contributed by atoms with van der Waals surface area (Å²) in [6.45, 7) is 6.83. The SMILES string of the molecule is C[Si](C)(C)/C=C/C(O)C1=CCCC1. The fraction of sp³-hybridized carbons (Fsp3) is 0.636. The van der Waals surface area contributed by atoms with E-state index >= 15 is 0 Å². The Morgan fingerprint density at radius 1 is 1.46 bits per heavy atom. The lowest BCUT2D eigenvalue weighted by Crippen LogP contribution is -2.17. The van der Waals surface area contributed by atoms with Gasteiger partial charge in [0.05, 0.1) is 14.2 Å². The van der Waals surface area contributed by atoms with Crippen LogP contribution in [0.3, 0.4) is 0 Å². The van der Waals surface area contributed by atoms with Gasteiger partial charge in [-0.05, 0) is 24.8 Å². The Kier molecular flexibility index (Phi) is 3.51. The molecule has 0 aromatic carbocycles. The molecule has 1 atom stereocenters. The molecular formula is C11H20OSi. The molecule has 13 heavy (non-hydrogen) atoms. The van der Waals surface area contributed by atoms with Crippen LogP contribution < -0.4 is 0 Å². The molecule has 74 valence electrons. The zero-order valence-corrected chi connectivity index (χ0v) is 9.88. The Morgan fingerprint density at radius 3 is 2.62 bits per heavy atom. The third-order valence-electron chi connectivity index (χ3n) is 2.23. The van der Waals surface area contributed by atoms with Crippen LogP contribution in [0.2, 0.25) is 19.6 Å². The van der Waals surface area contributed by atoms with Crippen molar-refractivity contribution < 1.29 is 5.11 Å². The summed E-state index contributed by atoms with van der Waals surface area (Å²) in [4.78, 5) is 0. The first-order valence-electron chi connectivity index (χ1n) is 5.05. The first-order chi connectivity index (χ1) is 5.99. The van der Waals surface area contributed by atoms with Gasteiger partial charge in [-0.3, -0.25) is 0 Å². The van der Waals surface area contributed by atoms with Gasteiger partial charge in [-0.15, -0.1) is 0 Å². The highest BCUT2D eigenvalue weighted by molar-refractivity contribution is 6.80. The van der Waals surface area contributed by atoms with E-state index in [4.69, 9.17) is 0 Å². The molecule has 0 aromatic heterocycles. The molecule has 1 nitrogen and oxygen atoms in total. The molecule has 0 bridgehead atoms. The fourth-order valence-electron chi connectivity index (χ4n) is 1.47. The Morgan fingerprint density at radius 2 is 2.15 bits per heavy atom. The van der Waals surface area contributed by atoms with Crippen LogP contribution in [0.15, 0.2) is 23.4 Å². The van der Waals surface area contributed by atoms with Gasteiger partial charge in [0.25, 0.3) is 0 Å². The number of hydrogen-bond acceptors (Lipinski definition) is 1. The molecule has 0 spiro atoms. The van der Waals surface area contributed by atoms with Crippen LogP contribution in [0.5, 0.6) is 0 Å². The summed E-state index contributed by atoms with van der Waals surface area (Å²) >= 11 is 0. The highest BCUT2D eigenvalue weighted by atomic mass is 28.3. The third-order valence-corrected chi connectivity index (χ3v) is 3.43. The molecule has 0 fully saturated rings. The van der Waals surface area contributed by atoms with Crippen LogP contribution in [-0.2, 0) is 0 Å². The van der Waals surface area contributed by atoms with Gasteiger partial charge in [0, 0.05) is 0 Å². The van der Waals surface area contributed by atoms with Crippen molar-refractivity contribution in [1.29, 1.82) is 0 Å². The van der Waals surface area contributed by atoms with Gasteiger partial charge in [-0.1, -0.05) is 37.5 Å². The first-order valence-corrected chi connectivity index (χ1v) is 8.63. The zero-order chi connectivity index (χ0) is 9.90. The van der Waals surface area contributed by atoms with Gasteiger partial charge in [0.1, 0.15) is 0 Å². The van der Waals surface area contributed by atoms with Crippen molar-refractivity contribution in [2.75, 3.05) is 0 Å². The van der Waals surface area contributed by atoms with E-state index in [1.54, 1.807) is 0 Å². The molecule has 2 heteroatoms. The second-order valence-electron chi connectivity index (χ2n) is 4.84. The average molecular weight is 196 g/mol. The van der Waals surface area contributed by atoms with Crippen molar-refractivity contribution in [3.05, 3.63) is 23.4 Å². The normalized spacial score (nSPS) is 20.8. The minimum atomic E-state index is -1.14. The molecule has 1 aliphatic carbocycles. The van der Waals surface area contributed by atoms with Gasteiger partial charge in [0.2, 0.25) is 0 Å². The van der Waals surface area contributed by atoms with Gasteiger partial charge >= 0.3 is 0 Å². The molecule has 1 aliphatic rings. The minimum absolute atomic E-state index is 0.311. The molecule has 0 saturated carbocycles. The molecule has 1 N–H and O–H groups in total. The van der Waals surface area contributed by atoms with E-state index < -0.39 is 8.07 Å². The Balaban J connectivity index is 2.49. The predicted octanol–water partition coefficient (Wildman–Crippen LogP) is 2.89. The Labute approximate surface area is 82.2 Å². The van der Waals surface area contributed by atoms with Crippen LogP contribution in [0.4, 0.5) is 0 Å². The number of hydrogen-bond donors (Lipinski definition) is 1. The lowest BCUT2D eigenvalue weighted by Gasteiger charge is -2.11. The third kappa shape index (κ3) is 3.92. The highest BCUT2D eigenvalue weighted by Crippen LogP contribution is 2.21. The molecule has 0 amide bonds. The van der Waals surface area contributed by atoms with E-state index in [0.717, 1.165) is 12.8 Å². The second-order valence-corrected chi connectivity index (χ2v) is 9.91.